The SMILES string of the molecule is COc1ccccc1C(C(C)N)N1CCCO1. The molecule has 0 bridgehead atoms. The number of hydrogen-bond acceptors (Lipinski definition) is 4. The summed E-state index contributed by atoms with van der Waals surface area (Å²) in [4.78, 5) is 5.63. The molecule has 17 heavy (non-hydrogen) atoms. The highest BCUT2D eigenvalue weighted by atomic mass is 16.7. The number of methoxy groups -OCH3 is 1. The van der Waals surface area contributed by atoms with Crippen molar-refractivity contribution in [2.24, 2.45) is 5.73 Å². The van der Waals surface area contributed by atoms with Crippen LogP contribution in [0.2, 0.25) is 0 Å². The van der Waals surface area contributed by atoms with E-state index in [1.165, 1.54) is 0 Å². The molecule has 1 aromatic rings. The van der Waals surface area contributed by atoms with Crippen LogP contribution in [0.15, 0.2) is 24.3 Å². The Hall–Kier alpha value is -1.10. The van der Waals surface area contributed by atoms with E-state index in [1.54, 1.807) is 7.11 Å². The normalized spacial score (nSPS) is 20.2. The zero-order chi connectivity index (χ0) is 12.3. The number of hydrogen-bond donors (Lipinski definition) is 1. The fourth-order valence-corrected chi connectivity index (χ4v) is 2.30. The van der Waals surface area contributed by atoms with Gasteiger partial charge in [0.15, 0.2) is 0 Å². The second-order valence-corrected chi connectivity index (χ2v) is 4.37. The summed E-state index contributed by atoms with van der Waals surface area (Å²) >= 11 is 0. The Morgan fingerprint density at radius 2 is 2.18 bits per heavy atom. The van der Waals surface area contributed by atoms with E-state index in [4.69, 9.17) is 15.3 Å². The molecular weight excluding hydrogens is 216 g/mol. The van der Waals surface area contributed by atoms with Crippen LogP contribution in [-0.2, 0) is 4.84 Å². The first-order valence-corrected chi connectivity index (χ1v) is 6.02. The number of nitrogens with two attached hydrogens (primary N) is 1. The van der Waals surface area contributed by atoms with Gasteiger partial charge in [-0.05, 0) is 19.4 Å². The Kier molecular flexibility index (Phi) is 3.99. The molecule has 4 heteroatoms. The van der Waals surface area contributed by atoms with Crippen molar-refractivity contribution in [3.05, 3.63) is 29.8 Å². The van der Waals surface area contributed by atoms with Crippen LogP contribution in [0.1, 0.15) is 24.9 Å². The quantitative estimate of drug-likeness (QED) is 0.864. The van der Waals surface area contributed by atoms with E-state index in [-0.39, 0.29) is 12.1 Å². The van der Waals surface area contributed by atoms with Crippen LogP contribution in [0.25, 0.3) is 0 Å². The smallest absolute Gasteiger partial charge is 0.123 e. The number of benzene rings is 1. The van der Waals surface area contributed by atoms with Crippen LogP contribution in [-0.4, -0.2) is 31.4 Å². The molecular formula is C13H20N2O2. The minimum Gasteiger partial charge on any atom is -0.496 e. The van der Waals surface area contributed by atoms with Gasteiger partial charge in [0.1, 0.15) is 5.75 Å². The fraction of sp³-hybridized carbons (Fsp3) is 0.538. The average Bonchev–Trinajstić information content (AvgIpc) is 2.83. The van der Waals surface area contributed by atoms with E-state index < -0.39 is 0 Å². The van der Waals surface area contributed by atoms with Crippen molar-refractivity contribution in [1.82, 2.24) is 5.06 Å². The maximum atomic E-state index is 6.09. The molecule has 1 heterocycles. The first-order chi connectivity index (χ1) is 8.24. The lowest BCUT2D eigenvalue weighted by Gasteiger charge is -2.30. The topological polar surface area (TPSA) is 47.7 Å². The van der Waals surface area contributed by atoms with Crippen LogP contribution in [0, 0.1) is 0 Å². The zero-order valence-electron chi connectivity index (χ0n) is 10.4. The van der Waals surface area contributed by atoms with Gasteiger partial charge in [-0.15, -0.1) is 0 Å². The molecule has 94 valence electrons. The Balaban J connectivity index is 2.31. The maximum Gasteiger partial charge on any atom is 0.123 e. The number of ether oxygens (including phenoxy) is 1. The summed E-state index contributed by atoms with van der Waals surface area (Å²) in [5.41, 5.74) is 7.18. The minimum absolute atomic E-state index is 0.00981. The molecule has 1 fully saturated rings. The summed E-state index contributed by atoms with van der Waals surface area (Å²) in [5, 5.41) is 1.97. The van der Waals surface area contributed by atoms with Gasteiger partial charge < -0.3 is 10.5 Å². The summed E-state index contributed by atoms with van der Waals surface area (Å²) in [5.74, 6) is 0.866. The lowest BCUT2D eigenvalue weighted by atomic mass is 9.99. The summed E-state index contributed by atoms with van der Waals surface area (Å²) in [6.45, 7) is 3.70. The molecule has 0 radical (unpaired) electrons. The summed E-state index contributed by atoms with van der Waals surface area (Å²) < 4.78 is 5.40. The molecule has 2 rings (SSSR count). The van der Waals surface area contributed by atoms with E-state index >= 15 is 0 Å². The molecule has 1 aliphatic rings. The highest BCUT2D eigenvalue weighted by Gasteiger charge is 2.29. The molecule has 0 aromatic heterocycles. The lowest BCUT2D eigenvalue weighted by molar-refractivity contribution is -0.147. The largest absolute Gasteiger partial charge is 0.496 e. The summed E-state index contributed by atoms with van der Waals surface area (Å²) in [7, 11) is 1.68. The Morgan fingerprint density at radius 3 is 2.76 bits per heavy atom. The minimum atomic E-state index is -0.00981. The standard InChI is InChI=1S/C13H20N2O2/c1-10(14)13(15-8-5-9-17-15)11-6-3-4-7-12(11)16-2/h3-4,6-7,10,13H,5,8-9,14H2,1-2H3. The molecule has 1 aromatic carbocycles. The Labute approximate surface area is 102 Å². The maximum absolute atomic E-state index is 6.09. The summed E-state index contributed by atoms with van der Waals surface area (Å²) in [6.07, 6.45) is 1.05. The van der Waals surface area contributed by atoms with Crippen molar-refractivity contribution >= 4 is 0 Å². The molecule has 1 aliphatic heterocycles. The summed E-state index contributed by atoms with van der Waals surface area (Å²) in [6, 6.07) is 8.02. The average molecular weight is 236 g/mol. The van der Waals surface area contributed by atoms with Gasteiger partial charge in [-0.25, -0.2) is 0 Å². The molecule has 0 spiro atoms. The van der Waals surface area contributed by atoms with E-state index in [9.17, 15) is 0 Å². The van der Waals surface area contributed by atoms with Crippen molar-refractivity contribution in [2.45, 2.75) is 25.4 Å². The second kappa shape index (κ2) is 5.49. The molecule has 1 saturated heterocycles. The third-order valence-corrected chi connectivity index (χ3v) is 3.05. The van der Waals surface area contributed by atoms with E-state index in [0.29, 0.717) is 0 Å². The van der Waals surface area contributed by atoms with Crippen LogP contribution in [0.4, 0.5) is 0 Å². The number of rotatable bonds is 4. The molecule has 2 unspecified atom stereocenters. The molecule has 4 nitrogen and oxygen atoms in total. The predicted molar refractivity (Wildman–Crippen MR) is 66.7 cm³/mol. The van der Waals surface area contributed by atoms with Gasteiger partial charge in [-0.2, -0.15) is 5.06 Å². The molecule has 0 aliphatic carbocycles. The molecule has 0 amide bonds. The fourth-order valence-electron chi connectivity index (χ4n) is 2.30. The number of hydroxylamine groups is 2. The number of nitrogens with zero attached hydrogens (tertiary/aromatic N) is 1. The first-order valence-electron chi connectivity index (χ1n) is 6.02. The van der Waals surface area contributed by atoms with Crippen molar-refractivity contribution in [3.63, 3.8) is 0 Å². The van der Waals surface area contributed by atoms with E-state index in [2.05, 4.69) is 6.07 Å². The third-order valence-electron chi connectivity index (χ3n) is 3.05. The van der Waals surface area contributed by atoms with Gasteiger partial charge in [-0.3, -0.25) is 4.84 Å². The second-order valence-electron chi connectivity index (χ2n) is 4.37. The van der Waals surface area contributed by atoms with Crippen molar-refractivity contribution in [3.8, 4) is 5.75 Å². The van der Waals surface area contributed by atoms with Crippen molar-refractivity contribution in [2.75, 3.05) is 20.3 Å². The van der Waals surface area contributed by atoms with Gasteiger partial charge in [0, 0.05) is 18.2 Å². The van der Waals surface area contributed by atoms with E-state index in [0.717, 1.165) is 30.9 Å². The van der Waals surface area contributed by atoms with Crippen LogP contribution in [0.3, 0.4) is 0 Å². The third kappa shape index (κ3) is 2.60. The van der Waals surface area contributed by atoms with Gasteiger partial charge in [0.25, 0.3) is 0 Å². The van der Waals surface area contributed by atoms with Crippen molar-refractivity contribution in [1.29, 1.82) is 0 Å². The van der Waals surface area contributed by atoms with E-state index in [1.807, 2.05) is 30.2 Å². The molecule has 2 atom stereocenters. The first kappa shape index (κ1) is 12.4. The van der Waals surface area contributed by atoms with Crippen LogP contribution < -0.4 is 10.5 Å². The predicted octanol–water partition coefficient (Wildman–Crippen LogP) is 1.72. The molecule has 0 saturated carbocycles. The van der Waals surface area contributed by atoms with Gasteiger partial charge in [-0.1, -0.05) is 18.2 Å². The van der Waals surface area contributed by atoms with Crippen molar-refractivity contribution < 1.29 is 9.57 Å². The van der Waals surface area contributed by atoms with Crippen LogP contribution >= 0.6 is 0 Å². The van der Waals surface area contributed by atoms with Gasteiger partial charge in [0.05, 0.1) is 19.8 Å². The Bertz CT molecular complexity index is 362. The molecule has 2 N–H and O–H groups in total. The lowest BCUT2D eigenvalue weighted by Crippen LogP contribution is -2.37. The highest BCUT2D eigenvalue weighted by molar-refractivity contribution is 5.36. The van der Waals surface area contributed by atoms with Gasteiger partial charge >= 0.3 is 0 Å². The zero-order valence-corrected chi connectivity index (χ0v) is 10.4. The van der Waals surface area contributed by atoms with Gasteiger partial charge in [0.2, 0.25) is 0 Å². The highest BCUT2D eigenvalue weighted by Crippen LogP contribution is 2.32. The van der Waals surface area contributed by atoms with Crippen LogP contribution in [0.5, 0.6) is 5.75 Å². The monoisotopic (exact) mass is 236 g/mol. The Morgan fingerprint density at radius 1 is 1.41 bits per heavy atom. The number of para-hydroxylation sites is 1.